The molecule has 5 rings (SSSR count). The molecule has 3 aliphatic rings. The van der Waals surface area contributed by atoms with Gasteiger partial charge in [0.2, 0.25) is 0 Å². The van der Waals surface area contributed by atoms with E-state index in [0.29, 0.717) is 33.8 Å². The highest BCUT2D eigenvalue weighted by Crippen LogP contribution is 2.69. The summed E-state index contributed by atoms with van der Waals surface area (Å²) in [4.78, 5) is 12.3. The molecule has 1 unspecified atom stereocenters. The lowest BCUT2D eigenvalue weighted by molar-refractivity contribution is -0.169. The van der Waals surface area contributed by atoms with E-state index in [1.807, 2.05) is 12.1 Å². The van der Waals surface area contributed by atoms with Crippen molar-refractivity contribution in [2.45, 2.75) is 37.3 Å². The number of β-amino-alcohol motifs (C(OH)–C–C–N with tert-alkyl or cyclic N) is 1. The van der Waals surface area contributed by atoms with Gasteiger partial charge in [0.1, 0.15) is 12.4 Å². The number of hydrogen-bond acceptors (Lipinski definition) is 4. The average molecular weight is 455 g/mol. The molecular formula is C22H22Cl3NO3. The van der Waals surface area contributed by atoms with Crippen LogP contribution in [0, 0.1) is 5.41 Å². The van der Waals surface area contributed by atoms with E-state index in [9.17, 15) is 9.90 Å². The van der Waals surface area contributed by atoms with Gasteiger partial charge in [0.15, 0.2) is 5.78 Å². The highest BCUT2D eigenvalue weighted by molar-refractivity contribution is 6.42. The Hall–Kier alpha value is -1.30. The Morgan fingerprint density at radius 3 is 2.41 bits per heavy atom. The third kappa shape index (κ3) is 4.57. The van der Waals surface area contributed by atoms with Crippen molar-refractivity contribution in [3.05, 3.63) is 63.1 Å². The lowest BCUT2D eigenvalue weighted by Gasteiger charge is -2.71. The van der Waals surface area contributed by atoms with Crippen LogP contribution in [0.3, 0.4) is 0 Å². The van der Waals surface area contributed by atoms with Crippen LogP contribution < -0.4 is 10.1 Å². The monoisotopic (exact) mass is 453 g/mol. The number of ether oxygens (including phenoxy) is 1. The summed E-state index contributed by atoms with van der Waals surface area (Å²) in [7, 11) is 0. The molecule has 2 N–H and O–H groups in total. The summed E-state index contributed by atoms with van der Waals surface area (Å²) in [5, 5.41) is 15.4. The van der Waals surface area contributed by atoms with Crippen molar-refractivity contribution < 1.29 is 14.6 Å². The van der Waals surface area contributed by atoms with Gasteiger partial charge in [-0.1, -0.05) is 46.9 Å². The van der Waals surface area contributed by atoms with Crippen molar-refractivity contribution in [1.82, 2.24) is 5.32 Å². The molecule has 3 saturated carbocycles. The van der Waals surface area contributed by atoms with E-state index in [2.05, 4.69) is 5.32 Å². The number of halogens is 3. The number of nitrogens with one attached hydrogen (secondary N) is 1. The third-order valence-corrected chi connectivity index (χ3v) is 6.92. The summed E-state index contributed by atoms with van der Waals surface area (Å²) in [6, 6.07) is 12.2. The zero-order chi connectivity index (χ0) is 20.6. The van der Waals surface area contributed by atoms with E-state index in [1.165, 1.54) is 0 Å². The van der Waals surface area contributed by atoms with Crippen molar-refractivity contribution in [1.29, 1.82) is 0 Å². The minimum absolute atomic E-state index is 0.0371. The fraction of sp³-hybridized carbons (Fsp3) is 0.409. The molecule has 0 radical (unpaired) electrons. The minimum Gasteiger partial charge on any atom is -0.486 e. The Morgan fingerprint density at radius 2 is 1.76 bits per heavy atom. The summed E-state index contributed by atoms with van der Waals surface area (Å²) in [5.74, 6) is 0.630. The Kier molecular flexibility index (Phi) is 5.84. The molecule has 7 heteroatoms. The maximum atomic E-state index is 12.3. The minimum atomic E-state index is -0.571. The van der Waals surface area contributed by atoms with Crippen LogP contribution in [0.5, 0.6) is 5.75 Å². The SMILES string of the molecule is O=C(COc1ccc(Cl)c(Cl)c1)CC12CC(NCC(O)c3ccc(Cl)cc3)(C1)C2. The van der Waals surface area contributed by atoms with E-state index in [1.54, 1.807) is 30.3 Å². The molecule has 2 aromatic rings. The molecule has 29 heavy (non-hydrogen) atoms. The number of aliphatic hydroxyl groups is 1. The fourth-order valence-corrected chi connectivity index (χ4v) is 5.10. The van der Waals surface area contributed by atoms with Crippen LogP contribution in [0.25, 0.3) is 0 Å². The third-order valence-electron chi connectivity index (χ3n) is 5.93. The summed E-state index contributed by atoms with van der Waals surface area (Å²) in [5.41, 5.74) is 1.01. The number of ketones is 1. The summed E-state index contributed by atoms with van der Waals surface area (Å²) >= 11 is 17.7. The van der Waals surface area contributed by atoms with Gasteiger partial charge in [0.05, 0.1) is 16.1 Å². The number of carbonyl (C=O) groups excluding carboxylic acids is 1. The molecule has 3 aliphatic carbocycles. The van der Waals surface area contributed by atoms with Gasteiger partial charge >= 0.3 is 0 Å². The van der Waals surface area contributed by atoms with Gasteiger partial charge in [-0.25, -0.2) is 0 Å². The van der Waals surface area contributed by atoms with Gasteiger partial charge in [-0.05, 0) is 54.5 Å². The molecule has 3 fully saturated rings. The highest BCUT2D eigenvalue weighted by Gasteiger charge is 2.67. The van der Waals surface area contributed by atoms with Crippen LogP contribution in [0.4, 0.5) is 0 Å². The normalized spacial score (nSPS) is 25.7. The van der Waals surface area contributed by atoms with Crippen molar-refractivity contribution in [3.63, 3.8) is 0 Å². The number of hydrogen-bond donors (Lipinski definition) is 2. The first-order chi connectivity index (χ1) is 13.8. The van der Waals surface area contributed by atoms with Gasteiger partial charge in [-0.2, -0.15) is 0 Å². The van der Waals surface area contributed by atoms with E-state index < -0.39 is 6.10 Å². The second kappa shape index (κ2) is 8.09. The smallest absolute Gasteiger partial charge is 0.170 e. The number of rotatable bonds is 9. The topological polar surface area (TPSA) is 58.6 Å². The summed E-state index contributed by atoms with van der Waals surface area (Å²) in [6.07, 6.45) is 2.85. The van der Waals surface area contributed by atoms with Crippen LogP contribution in [0.2, 0.25) is 15.1 Å². The maximum Gasteiger partial charge on any atom is 0.170 e. The van der Waals surface area contributed by atoms with Gasteiger partial charge < -0.3 is 15.2 Å². The van der Waals surface area contributed by atoms with E-state index >= 15 is 0 Å². The molecule has 2 bridgehead atoms. The second-order valence-corrected chi connectivity index (χ2v) is 9.59. The lowest BCUT2D eigenvalue weighted by Crippen LogP contribution is -2.74. The number of Topliss-reactive ketones (excluding diaryl/α,β-unsaturated/α-hetero) is 1. The highest BCUT2D eigenvalue weighted by atomic mass is 35.5. The van der Waals surface area contributed by atoms with Crippen molar-refractivity contribution >= 4 is 40.6 Å². The van der Waals surface area contributed by atoms with E-state index in [-0.39, 0.29) is 23.3 Å². The van der Waals surface area contributed by atoms with Crippen molar-refractivity contribution in [3.8, 4) is 5.75 Å². The second-order valence-electron chi connectivity index (χ2n) is 8.34. The van der Waals surface area contributed by atoms with Gasteiger partial charge in [0.25, 0.3) is 0 Å². The van der Waals surface area contributed by atoms with Crippen molar-refractivity contribution in [2.75, 3.05) is 13.2 Å². The van der Waals surface area contributed by atoms with E-state index in [4.69, 9.17) is 39.5 Å². The molecule has 0 aliphatic heterocycles. The molecule has 0 spiro atoms. The molecule has 0 saturated heterocycles. The van der Waals surface area contributed by atoms with Crippen LogP contribution in [0.15, 0.2) is 42.5 Å². The summed E-state index contributed by atoms with van der Waals surface area (Å²) < 4.78 is 5.55. The average Bonchev–Trinajstić information content (AvgIpc) is 2.64. The lowest BCUT2D eigenvalue weighted by atomic mass is 9.38. The quantitative estimate of drug-likeness (QED) is 0.544. The first-order valence-electron chi connectivity index (χ1n) is 9.56. The Balaban J connectivity index is 1.19. The molecule has 1 atom stereocenters. The molecule has 2 aromatic carbocycles. The molecule has 4 nitrogen and oxygen atoms in total. The molecule has 0 amide bonds. The largest absolute Gasteiger partial charge is 0.486 e. The predicted molar refractivity (Wildman–Crippen MR) is 115 cm³/mol. The van der Waals surface area contributed by atoms with Crippen LogP contribution in [-0.4, -0.2) is 29.6 Å². The van der Waals surface area contributed by atoms with E-state index in [0.717, 1.165) is 24.8 Å². The summed E-state index contributed by atoms with van der Waals surface area (Å²) in [6.45, 7) is 0.529. The van der Waals surface area contributed by atoms with Crippen LogP contribution in [0.1, 0.15) is 37.4 Å². The van der Waals surface area contributed by atoms with Gasteiger partial charge in [-0.3, -0.25) is 4.79 Å². The standard InChI is InChI=1S/C22H22Cl3NO3/c23-15-3-1-14(2-4-15)20(28)9-26-22-11-21(12-22,13-22)8-16(27)10-29-17-5-6-18(24)19(25)7-17/h1-7,20,26,28H,8-13H2. The van der Waals surface area contributed by atoms with Gasteiger partial charge in [0, 0.05) is 29.6 Å². The zero-order valence-corrected chi connectivity index (χ0v) is 18.0. The maximum absolute atomic E-state index is 12.3. The zero-order valence-electron chi connectivity index (χ0n) is 15.8. The van der Waals surface area contributed by atoms with Crippen molar-refractivity contribution in [2.24, 2.45) is 5.41 Å². The predicted octanol–water partition coefficient (Wildman–Crippen LogP) is 5.23. The fourth-order valence-electron chi connectivity index (χ4n) is 4.69. The first-order valence-corrected chi connectivity index (χ1v) is 10.7. The van der Waals surface area contributed by atoms with Crippen LogP contribution >= 0.6 is 34.8 Å². The molecule has 0 heterocycles. The molecule has 154 valence electrons. The number of aliphatic hydroxyl groups excluding tert-OH is 1. The Morgan fingerprint density at radius 1 is 1.07 bits per heavy atom. The Labute approximate surface area is 185 Å². The number of benzene rings is 2. The molecule has 0 aromatic heterocycles. The first kappa shape index (κ1) is 21.0. The number of carbonyl (C=O) groups is 1. The van der Waals surface area contributed by atoms with Gasteiger partial charge in [-0.15, -0.1) is 0 Å². The Bertz CT molecular complexity index is 896. The molecular weight excluding hydrogens is 433 g/mol. The van der Waals surface area contributed by atoms with Crippen LogP contribution in [-0.2, 0) is 4.79 Å².